The van der Waals surface area contributed by atoms with E-state index >= 15 is 0 Å². The van der Waals surface area contributed by atoms with Gasteiger partial charge in [-0.05, 0) is 14.0 Å². The number of hydrogen-bond donors (Lipinski definition) is 2. The fourth-order valence-corrected chi connectivity index (χ4v) is 1.34. The van der Waals surface area contributed by atoms with Crippen molar-refractivity contribution < 1.29 is 0 Å². The molecular weight excluding hydrogens is 164 g/mol. The lowest BCUT2D eigenvalue weighted by molar-refractivity contribution is 0.150. The SMILES string of the molecule is C/C(N)=C/NCN1CCN(C)CC1. The molecule has 0 unspecified atom stereocenters. The zero-order valence-electron chi connectivity index (χ0n) is 8.58. The van der Waals surface area contributed by atoms with Crippen molar-refractivity contribution in [2.75, 3.05) is 39.9 Å². The van der Waals surface area contributed by atoms with Crippen LogP contribution in [0.3, 0.4) is 0 Å². The molecule has 1 fully saturated rings. The molecule has 4 heteroatoms. The van der Waals surface area contributed by atoms with Gasteiger partial charge in [-0.1, -0.05) is 0 Å². The van der Waals surface area contributed by atoms with Gasteiger partial charge >= 0.3 is 0 Å². The fraction of sp³-hybridized carbons (Fsp3) is 0.778. The van der Waals surface area contributed by atoms with Crippen molar-refractivity contribution in [3.8, 4) is 0 Å². The summed E-state index contributed by atoms with van der Waals surface area (Å²) in [6.45, 7) is 7.39. The van der Waals surface area contributed by atoms with Crippen molar-refractivity contribution in [3.05, 3.63) is 11.9 Å². The first-order chi connectivity index (χ1) is 6.18. The molecule has 13 heavy (non-hydrogen) atoms. The summed E-state index contributed by atoms with van der Waals surface area (Å²) in [5.74, 6) is 0. The molecular formula is C9H20N4. The number of nitrogens with one attached hydrogen (secondary N) is 1. The van der Waals surface area contributed by atoms with E-state index in [9.17, 15) is 0 Å². The summed E-state index contributed by atoms with van der Waals surface area (Å²) in [6, 6.07) is 0. The molecule has 0 aromatic rings. The lowest BCUT2D eigenvalue weighted by Gasteiger charge is -2.32. The zero-order chi connectivity index (χ0) is 9.68. The third kappa shape index (κ3) is 4.15. The first kappa shape index (κ1) is 10.3. The Labute approximate surface area is 80.4 Å². The Morgan fingerprint density at radius 2 is 2.00 bits per heavy atom. The Kier molecular flexibility index (Phi) is 4.05. The van der Waals surface area contributed by atoms with Crippen molar-refractivity contribution in [1.82, 2.24) is 15.1 Å². The highest BCUT2D eigenvalue weighted by Crippen LogP contribution is 1.96. The maximum Gasteiger partial charge on any atom is 0.0674 e. The van der Waals surface area contributed by atoms with Crippen molar-refractivity contribution in [2.24, 2.45) is 5.73 Å². The molecule has 1 saturated heterocycles. The smallest absolute Gasteiger partial charge is 0.0674 e. The monoisotopic (exact) mass is 184 g/mol. The third-order valence-corrected chi connectivity index (χ3v) is 2.24. The van der Waals surface area contributed by atoms with Crippen molar-refractivity contribution in [1.29, 1.82) is 0 Å². The molecule has 76 valence electrons. The largest absolute Gasteiger partial charge is 0.401 e. The maximum atomic E-state index is 5.50. The summed E-state index contributed by atoms with van der Waals surface area (Å²) in [5, 5.41) is 3.19. The number of nitrogens with two attached hydrogens (primary N) is 1. The average molecular weight is 184 g/mol. The molecule has 0 amide bonds. The average Bonchev–Trinajstić information content (AvgIpc) is 2.08. The minimum Gasteiger partial charge on any atom is -0.401 e. The maximum absolute atomic E-state index is 5.50. The minimum atomic E-state index is 0.828. The molecule has 1 heterocycles. The summed E-state index contributed by atoms with van der Waals surface area (Å²) in [4.78, 5) is 4.74. The second-order valence-electron chi connectivity index (χ2n) is 3.67. The quantitative estimate of drug-likeness (QED) is 0.626. The van der Waals surface area contributed by atoms with E-state index in [1.165, 1.54) is 0 Å². The molecule has 0 aromatic heterocycles. The van der Waals surface area contributed by atoms with Gasteiger partial charge in [0.15, 0.2) is 0 Å². The van der Waals surface area contributed by atoms with Crippen LogP contribution in [-0.2, 0) is 0 Å². The first-order valence-electron chi connectivity index (χ1n) is 4.75. The van der Waals surface area contributed by atoms with Crippen molar-refractivity contribution >= 4 is 0 Å². The number of nitrogens with zero attached hydrogens (tertiary/aromatic N) is 2. The molecule has 0 saturated carbocycles. The number of allylic oxidation sites excluding steroid dienone is 1. The molecule has 0 aromatic carbocycles. The van der Waals surface area contributed by atoms with Gasteiger partial charge in [0.25, 0.3) is 0 Å². The lowest BCUT2D eigenvalue weighted by Crippen LogP contribution is -2.47. The van der Waals surface area contributed by atoms with E-state index in [0.717, 1.165) is 38.5 Å². The number of likely N-dealkylation sites (N-methyl/N-ethyl adjacent to an activating group) is 1. The Morgan fingerprint density at radius 3 is 2.54 bits per heavy atom. The van der Waals surface area contributed by atoms with Gasteiger partial charge < -0.3 is 16.0 Å². The van der Waals surface area contributed by atoms with E-state index in [-0.39, 0.29) is 0 Å². The van der Waals surface area contributed by atoms with E-state index in [2.05, 4.69) is 22.2 Å². The van der Waals surface area contributed by atoms with Crippen LogP contribution in [0, 0.1) is 0 Å². The number of piperazine rings is 1. The molecule has 0 bridgehead atoms. The summed E-state index contributed by atoms with van der Waals surface area (Å²) < 4.78 is 0. The van der Waals surface area contributed by atoms with Gasteiger partial charge in [0.2, 0.25) is 0 Å². The van der Waals surface area contributed by atoms with E-state index in [1.54, 1.807) is 0 Å². The van der Waals surface area contributed by atoms with Gasteiger partial charge in [-0.25, -0.2) is 0 Å². The van der Waals surface area contributed by atoms with Crippen LogP contribution in [0.25, 0.3) is 0 Å². The number of rotatable bonds is 3. The Hall–Kier alpha value is -0.740. The second-order valence-corrected chi connectivity index (χ2v) is 3.67. The van der Waals surface area contributed by atoms with Gasteiger partial charge in [0, 0.05) is 38.1 Å². The summed E-state index contributed by atoms with van der Waals surface area (Å²) in [5.41, 5.74) is 6.33. The Morgan fingerprint density at radius 1 is 1.38 bits per heavy atom. The molecule has 1 aliphatic heterocycles. The zero-order valence-corrected chi connectivity index (χ0v) is 8.58. The number of hydrogen-bond acceptors (Lipinski definition) is 4. The Bertz CT molecular complexity index is 166. The van der Waals surface area contributed by atoms with E-state index in [1.807, 2.05) is 13.1 Å². The lowest BCUT2D eigenvalue weighted by atomic mass is 10.3. The molecule has 1 aliphatic rings. The Balaban J connectivity index is 2.12. The second kappa shape index (κ2) is 5.09. The van der Waals surface area contributed by atoms with Crippen LogP contribution in [-0.4, -0.2) is 49.7 Å². The molecule has 0 spiro atoms. The van der Waals surface area contributed by atoms with Gasteiger partial charge in [0.05, 0.1) is 6.67 Å². The summed E-state index contributed by atoms with van der Waals surface area (Å²) >= 11 is 0. The highest BCUT2D eigenvalue weighted by molar-refractivity contribution is 4.89. The van der Waals surface area contributed by atoms with Crippen LogP contribution >= 0.6 is 0 Å². The molecule has 1 rings (SSSR count). The third-order valence-electron chi connectivity index (χ3n) is 2.24. The first-order valence-corrected chi connectivity index (χ1v) is 4.75. The highest BCUT2D eigenvalue weighted by Gasteiger charge is 2.11. The van der Waals surface area contributed by atoms with Crippen LogP contribution < -0.4 is 11.1 Å². The predicted octanol–water partition coefficient (Wildman–Crippen LogP) is -0.399. The summed E-state index contributed by atoms with van der Waals surface area (Å²) in [6.07, 6.45) is 1.86. The van der Waals surface area contributed by atoms with Crippen LogP contribution in [0.15, 0.2) is 11.9 Å². The van der Waals surface area contributed by atoms with Crippen molar-refractivity contribution in [3.63, 3.8) is 0 Å². The van der Waals surface area contributed by atoms with Crippen molar-refractivity contribution in [2.45, 2.75) is 6.92 Å². The van der Waals surface area contributed by atoms with E-state index in [4.69, 9.17) is 5.73 Å². The van der Waals surface area contributed by atoms with E-state index < -0.39 is 0 Å². The topological polar surface area (TPSA) is 44.5 Å². The standard InChI is InChI=1S/C9H20N4/c1-9(10)7-11-8-13-5-3-12(2)4-6-13/h7,11H,3-6,8,10H2,1-2H3/b9-7-. The molecule has 0 aliphatic carbocycles. The molecule has 4 nitrogen and oxygen atoms in total. The van der Waals surface area contributed by atoms with Gasteiger partial charge in [-0.2, -0.15) is 0 Å². The molecule has 3 N–H and O–H groups in total. The summed E-state index contributed by atoms with van der Waals surface area (Å²) in [7, 11) is 2.16. The van der Waals surface area contributed by atoms with Crippen LogP contribution in [0.2, 0.25) is 0 Å². The van der Waals surface area contributed by atoms with Crippen LogP contribution in [0.5, 0.6) is 0 Å². The van der Waals surface area contributed by atoms with Crippen LogP contribution in [0.1, 0.15) is 6.92 Å². The molecule has 0 radical (unpaired) electrons. The fourth-order valence-electron chi connectivity index (χ4n) is 1.34. The van der Waals surface area contributed by atoms with Gasteiger partial charge in [-0.15, -0.1) is 0 Å². The van der Waals surface area contributed by atoms with E-state index in [0.29, 0.717) is 0 Å². The predicted molar refractivity (Wildman–Crippen MR) is 55.0 cm³/mol. The van der Waals surface area contributed by atoms with Gasteiger partial charge in [-0.3, -0.25) is 4.90 Å². The van der Waals surface area contributed by atoms with Crippen LogP contribution in [0.4, 0.5) is 0 Å². The molecule has 0 atom stereocenters. The minimum absolute atomic E-state index is 0.828. The van der Waals surface area contributed by atoms with Gasteiger partial charge in [0.1, 0.15) is 0 Å². The normalized spacial score (nSPS) is 21.8. The highest BCUT2D eigenvalue weighted by atomic mass is 15.3.